The number of ether oxygens (including phenoxy) is 1. The third kappa shape index (κ3) is 4.24. The summed E-state index contributed by atoms with van der Waals surface area (Å²) in [6.45, 7) is 4.35. The Morgan fingerprint density at radius 3 is 2.77 bits per heavy atom. The minimum atomic E-state index is -0.108. The molecule has 0 unspecified atom stereocenters. The number of hydrogen-bond donors (Lipinski definition) is 1. The molecule has 0 saturated carbocycles. The van der Waals surface area contributed by atoms with Crippen molar-refractivity contribution in [1.82, 2.24) is 20.2 Å². The summed E-state index contributed by atoms with van der Waals surface area (Å²) >= 11 is 0. The van der Waals surface area contributed by atoms with Crippen LogP contribution in [-0.4, -0.2) is 32.7 Å². The number of benzene rings is 2. The first-order valence-corrected chi connectivity index (χ1v) is 8.35. The Bertz CT molecular complexity index is 920. The molecule has 3 rings (SSSR count). The van der Waals surface area contributed by atoms with Gasteiger partial charge in [0.2, 0.25) is 5.91 Å². The third-order valence-electron chi connectivity index (χ3n) is 3.94. The predicted molar refractivity (Wildman–Crippen MR) is 98.9 cm³/mol. The van der Waals surface area contributed by atoms with Crippen LogP contribution in [0.25, 0.3) is 11.4 Å². The van der Waals surface area contributed by atoms with Crippen LogP contribution in [0.2, 0.25) is 0 Å². The molecule has 0 spiro atoms. The highest BCUT2D eigenvalue weighted by molar-refractivity contribution is 5.91. The highest BCUT2D eigenvalue weighted by Crippen LogP contribution is 2.20. The summed E-state index contributed by atoms with van der Waals surface area (Å²) in [5.41, 5.74) is 3.78. The fraction of sp³-hybridized carbons (Fsp3) is 0.263. The van der Waals surface area contributed by atoms with Gasteiger partial charge in [0.05, 0.1) is 13.0 Å². The maximum atomic E-state index is 12.2. The number of tetrazole rings is 1. The van der Waals surface area contributed by atoms with Crippen molar-refractivity contribution < 1.29 is 9.53 Å². The van der Waals surface area contributed by atoms with Crippen molar-refractivity contribution in [3.8, 4) is 17.1 Å². The number of aryl methyl sites for hydroxylation is 3. The Morgan fingerprint density at radius 1 is 1.19 bits per heavy atom. The van der Waals surface area contributed by atoms with Crippen LogP contribution in [0.3, 0.4) is 0 Å². The summed E-state index contributed by atoms with van der Waals surface area (Å²) in [4.78, 5) is 12.2. The summed E-state index contributed by atoms with van der Waals surface area (Å²) in [6.07, 6.45) is 0.267. The van der Waals surface area contributed by atoms with E-state index < -0.39 is 0 Å². The number of nitrogens with one attached hydrogen (secondary N) is 1. The number of rotatable bonds is 6. The van der Waals surface area contributed by atoms with Gasteiger partial charge in [0.25, 0.3) is 0 Å². The molecule has 1 amide bonds. The monoisotopic (exact) mass is 351 g/mol. The molecule has 0 fully saturated rings. The highest BCUT2D eigenvalue weighted by atomic mass is 16.5. The van der Waals surface area contributed by atoms with E-state index >= 15 is 0 Å². The Balaban J connectivity index is 1.56. The molecule has 7 nitrogen and oxygen atoms in total. The van der Waals surface area contributed by atoms with Gasteiger partial charge in [-0.15, -0.1) is 5.10 Å². The van der Waals surface area contributed by atoms with Crippen molar-refractivity contribution in [2.75, 3.05) is 11.9 Å². The Kier molecular flexibility index (Phi) is 5.26. The van der Waals surface area contributed by atoms with Gasteiger partial charge >= 0.3 is 0 Å². The summed E-state index contributed by atoms with van der Waals surface area (Å²) < 4.78 is 7.29. The zero-order chi connectivity index (χ0) is 18.5. The standard InChI is InChI=1S/C19H21N5O2/c1-13-7-8-17(14(2)11-13)26-10-9-18(25)20-16-6-4-5-15(12-16)19-21-22-23-24(19)3/h4-8,11-12H,9-10H2,1-3H3,(H,20,25). The number of carbonyl (C=O) groups is 1. The van der Waals surface area contributed by atoms with E-state index in [-0.39, 0.29) is 12.3 Å². The zero-order valence-corrected chi connectivity index (χ0v) is 15.1. The van der Waals surface area contributed by atoms with E-state index in [4.69, 9.17) is 4.74 Å². The smallest absolute Gasteiger partial charge is 0.227 e. The van der Waals surface area contributed by atoms with Crippen LogP contribution in [0, 0.1) is 13.8 Å². The normalized spacial score (nSPS) is 10.6. The van der Waals surface area contributed by atoms with E-state index in [0.717, 1.165) is 16.9 Å². The second-order valence-electron chi connectivity index (χ2n) is 6.12. The molecule has 0 aliphatic rings. The SMILES string of the molecule is Cc1ccc(OCCC(=O)Nc2cccc(-c3nnnn3C)c2)c(C)c1. The minimum absolute atomic E-state index is 0.108. The van der Waals surface area contributed by atoms with Crippen LogP contribution in [0.5, 0.6) is 5.75 Å². The lowest BCUT2D eigenvalue weighted by Gasteiger charge is -2.10. The number of carbonyl (C=O) groups excluding carboxylic acids is 1. The van der Waals surface area contributed by atoms with Gasteiger partial charge in [0, 0.05) is 18.3 Å². The average Bonchev–Trinajstić information content (AvgIpc) is 3.03. The molecule has 1 heterocycles. The molecule has 0 atom stereocenters. The summed E-state index contributed by atoms with van der Waals surface area (Å²) in [5, 5.41) is 14.3. The topological polar surface area (TPSA) is 81.9 Å². The molecule has 0 aliphatic carbocycles. The molecule has 7 heteroatoms. The van der Waals surface area contributed by atoms with Crippen LogP contribution in [0.4, 0.5) is 5.69 Å². The highest BCUT2D eigenvalue weighted by Gasteiger charge is 2.08. The molecule has 26 heavy (non-hydrogen) atoms. The first kappa shape index (κ1) is 17.6. The third-order valence-corrected chi connectivity index (χ3v) is 3.94. The predicted octanol–water partition coefficient (Wildman–Crippen LogP) is 2.90. The summed E-state index contributed by atoms with van der Waals surface area (Å²) in [5.74, 6) is 1.34. The van der Waals surface area contributed by atoms with E-state index in [2.05, 4.69) is 26.9 Å². The fourth-order valence-electron chi connectivity index (χ4n) is 2.65. The lowest BCUT2D eigenvalue weighted by atomic mass is 10.1. The maximum absolute atomic E-state index is 12.2. The van der Waals surface area contributed by atoms with Gasteiger partial charge < -0.3 is 10.1 Å². The number of nitrogens with zero attached hydrogens (tertiary/aromatic N) is 4. The minimum Gasteiger partial charge on any atom is -0.493 e. The van der Waals surface area contributed by atoms with Gasteiger partial charge in [0.1, 0.15) is 5.75 Å². The van der Waals surface area contributed by atoms with E-state index in [1.807, 2.05) is 50.2 Å². The van der Waals surface area contributed by atoms with E-state index in [9.17, 15) is 4.79 Å². The Labute approximate surface area is 152 Å². The number of hydrogen-bond acceptors (Lipinski definition) is 5. The fourth-order valence-corrected chi connectivity index (χ4v) is 2.65. The van der Waals surface area contributed by atoms with Crippen molar-refractivity contribution in [3.05, 3.63) is 53.6 Å². The molecule has 1 aromatic heterocycles. The van der Waals surface area contributed by atoms with Crippen molar-refractivity contribution in [1.29, 1.82) is 0 Å². The maximum Gasteiger partial charge on any atom is 0.227 e. The lowest BCUT2D eigenvalue weighted by molar-refractivity contribution is -0.116. The van der Waals surface area contributed by atoms with Gasteiger partial charge in [-0.1, -0.05) is 29.8 Å². The molecule has 0 aliphatic heterocycles. The van der Waals surface area contributed by atoms with Crippen LogP contribution in [0.1, 0.15) is 17.5 Å². The molecule has 0 saturated heterocycles. The van der Waals surface area contributed by atoms with Gasteiger partial charge in [-0.2, -0.15) is 0 Å². The molecule has 3 aromatic rings. The van der Waals surface area contributed by atoms with Crippen LogP contribution >= 0.6 is 0 Å². The number of amides is 1. The Hall–Kier alpha value is -3.22. The van der Waals surface area contributed by atoms with E-state index in [1.54, 1.807) is 11.7 Å². The van der Waals surface area contributed by atoms with E-state index in [0.29, 0.717) is 18.1 Å². The van der Waals surface area contributed by atoms with Crippen LogP contribution < -0.4 is 10.1 Å². The Morgan fingerprint density at radius 2 is 2.04 bits per heavy atom. The molecule has 0 radical (unpaired) electrons. The van der Waals surface area contributed by atoms with Crippen molar-refractivity contribution >= 4 is 11.6 Å². The van der Waals surface area contributed by atoms with Gasteiger partial charge in [0.15, 0.2) is 5.82 Å². The largest absolute Gasteiger partial charge is 0.493 e. The molecule has 0 bridgehead atoms. The van der Waals surface area contributed by atoms with Gasteiger partial charge in [-0.05, 0) is 48.0 Å². The summed E-state index contributed by atoms with van der Waals surface area (Å²) in [6, 6.07) is 13.4. The van der Waals surface area contributed by atoms with Crippen LogP contribution in [-0.2, 0) is 11.8 Å². The first-order valence-electron chi connectivity index (χ1n) is 8.35. The zero-order valence-electron chi connectivity index (χ0n) is 15.1. The second-order valence-corrected chi connectivity index (χ2v) is 6.12. The molecule has 2 aromatic carbocycles. The van der Waals surface area contributed by atoms with E-state index in [1.165, 1.54) is 5.56 Å². The average molecular weight is 351 g/mol. The van der Waals surface area contributed by atoms with Gasteiger partial charge in [-0.3, -0.25) is 4.79 Å². The molecular formula is C19H21N5O2. The number of aromatic nitrogens is 4. The van der Waals surface area contributed by atoms with Crippen molar-refractivity contribution in [3.63, 3.8) is 0 Å². The molecule has 1 N–H and O–H groups in total. The van der Waals surface area contributed by atoms with Crippen LogP contribution in [0.15, 0.2) is 42.5 Å². The van der Waals surface area contributed by atoms with Crippen molar-refractivity contribution in [2.24, 2.45) is 7.05 Å². The number of anilines is 1. The second kappa shape index (κ2) is 7.77. The first-order chi connectivity index (χ1) is 12.5. The van der Waals surface area contributed by atoms with Gasteiger partial charge in [-0.25, -0.2) is 4.68 Å². The molecular weight excluding hydrogens is 330 g/mol. The van der Waals surface area contributed by atoms with Crippen molar-refractivity contribution in [2.45, 2.75) is 20.3 Å². The lowest BCUT2D eigenvalue weighted by Crippen LogP contribution is -2.15. The quantitative estimate of drug-likeness (QED) is 0.738. The molecule has 134 valence electrons. The summed E-state index contributed by atoms with van der Waals surface area (Å²) in [7, 11) is 1.77.